The first-order chi connectivity index (χ1) is 17.4. The van der Waals surface area contributed by atoms with Crippen molar-refractivity contribution in [1.29, 1.82) is 0 Å². The minimum Gasteiger partial charge on any atom is -0.496 e. The summed E-state index contributed by atoms with van der Waals surface area (Å²) in [5.41, 5.74) is 2.26. The molecule has 1 amide bonds. The molecule has 2 aromatic carbocycles. The summed E-state index contributed by atoms with van der Waals surface area (Å²) in [5, 5.41) is 3.26. The van der Waals surface area contributed by atoms with Gasteiger partial charge >= 0.3 is 0 Å². The van der Waals surface area contributed by atoms with Crippen molar-refractivity contribution in [2.75, 3.05) is 33.4 Å². The second kappa shape index (κ2) is 12.2. The maximum Gasteiger partial charge on any atom is 0.226 e. The summed E-state index contributed by atoms with van der Waals surface area (Å²) in [5.74, 6) is 0.482. The van der Waals surface area contributed by atoms with Gasteiger partial charge in [0.25, 0.3) is 0 Å². The number of rotatable bonds is 9. The van der Waals surface area contributed by atoms with Crippen molar-refractivity contribution >= 4 is 5.91 Å². The summed E-state index contributed by atoms with van der Waals surface area (Å²) in [6.07, 6.45) is 6.93. The minimum atomic E-state index is -0.456. The SMILES string of the molecule is COc1ccc(F)cc1-c1ccc(CC2(C(=O)NCCCN3[C@H](C)CCC[C@@H]3C)CCOCC2)cc1. The second-order valence-electron chi connectivity index (χ2n) is 10.6. The molecular formula is C30H41FN2O3. The van der Waals surface area contributed by atoms with E-state index in [2.05, 4.69) is 24.1 Å². The van der Waals surface area contributed by atoms with Gasteiger partial charge in [-0.15, -0.1) is 0 Å². The van der Waals surface area contributed by atoms with E-state index in [1.165, 1.54) is 31.4 Å². The Bertz CT molecular complexity index is 994. The van der Waals surface area contributed by atoms with Gasteiger partial charge in [-0.2, -0.15) is 0 Å². The van der Waals surface area contributed by atoms with E-state index in [-0.39, 0.29) is 11.7 Å². The standard InChI is InChI=1S/C30H41FN2O3/c1-22-6-4-7-23(2)33(22)17-5-16-32-29(34)30(14-18-36-19-15-30)21-24-8-10-25(11-9-24)27-20-26(31)12-13-28(27)35-3/h8-13,20,22-23H,4-7,14-19,21H2,1-3H3,(H,32,34)/t22-,23+. The number of piperidine rings is 1. The molecule has 0 saturated carbocycles. The number of ether oxygens (including phenoxy) is 2. The number of nitrogens with one attached hydrogen (secondary N) is 1. The monoisotopic (exact) mass is 496 g/mol. The van der Waals surface area contributed by atoms with Gasteiger partial charge in [0.2, 0.25) is 5.91 Å². The quantitative estimate of drug-likeness (QED) is 0.459. The molecular weight excluding hydrogens is 455 g/mol. The summed E-state index contributed by atoms with van der Waals surface area (Å²) in [6, 6.07) is 13.9. The first-order valence-electron chi connectivity index (χ1n) is 13.5. The Morgan fingerprint density at radius 2 is 1.81 bits per heavy atom. The molecule has 2 fully saturated rings. The first kappa shape index (κ1) is 26.6. The van der Waals surface area contributed by atoms with Gasteiger partial charge in [0, 0.05) is 44.0 Å². The molecule has 0 aromatic heterocycles. The lowest BCUT2D eigenvalue weighted by atomic mass is 9.74. The van der Waals surface area contributed by atoms with Crippen molar-refractivity contribution < 1.29 is 18.7 Å². The number of carbonyl (C=O) groups is 1. The number of hydrogen-bond acceptors (Lipinski definition) is 4. The Kier molecular flexibility index (Phi) is 9.02. The third-order valence-corrected chi connectivity index (χ3v) is 8.16. The summed E-state index contributed by atoms with van der Waals surface area (Å²) in [6.45, 7) is 7.59. The van der Waals surface area contributed by atoms with Gasteiger partial charge in [-0.1, -0.05) is 30.7 Å². The normalized spacial score (nSPS) is 22.2. The van der Waals surface area contributed by atoms with Crippen LogP contribution in [0.25, 0.3) is 11.1 Å². The van der Waals surface area contributed by atoms with Crippen molar-refractivity contribution in [3.63, 3.8) is 0 Å². The third-order valence-electron chi connectivity index (χ3n) is 8.16. The van der Waals surface area contributed by atoms with Crippen molar-refractivity contribution in [1.82, 2.24) is 10.2 Å². The summed E-state index contributed by atoms with van der Waals surface area (Å²) >= 11 is 0. The highest BCUT2D eigenvalue weighted by Gasteiger charge is 2.40. The first-order valence-corrected chi connectivity index (χ1v) is 13.5. The predicted molar refractivity (Wildman–Crippen MR) is 142 cm³/mol. The van der Waals surface area contributed by atoms with Crippen LogP contribution in [0.3, 0.4) is 0 Å². The van der Waals surface area contributed by atoms with E-state index in [4.69, 9.17) is 9.47 Å². The number of hydrogen-bond donors (Lipinski definition) is 1. The lowest BCUT2D eigenvalue weighted by Gasteiger charge is -2.39. The van der Waals surface area contributed by atoms with Crippen LogP contribution in [-0.2, 0) is 16.0 Å². The fraction of sp³-hybridized carbons (Fsp3) is 0.567. The zero-order valence-corrected chi connectivity index (χ0v) is 22.0. The van der Waals surface area contributed by atoms with Gasteiger partial charge in [-0.3, -0.25) is 9.69 Å². The molecule has 2 heterocycles. The fourth-order valence-electron chi connectivity index (χ4n) is 5.91. The highest BCUT2D eigenvalue weighted by molar-refractivity contribution is 5.83. The van der Waals surface area contributed by atoms with Gasteiger partial charge in [0.05, 0.1) is 12.5 Å². The molecule has 2 atom stereocenters. The summed E-state index contributed by atoms with van der Waals surface area (Å²) in [7, 11) is 1.59. The Morgan fingerprint density at radius 3 is 2.47 bits per heavy atom. The molecule has 2 aliphatic rings. The van der Waals surface area contributed by atoms with E-state index in [9.17, 15) is 9.18 Å². The van der Waals surface area contributed by atoms with Crippen LogP contribution < -0.4 is 10.1 Å². The predicted octanol–water partition coefficient (Wildman–Crippen LogP) is 5.61. The second-order valence-corrected chi connectivity index (χ2v) is 10.6. The van der Waals surface area contributed by atoms with Crippen LogP contribution in [-0.4, -0.2) is 56.3 Å². The van der Waals surface area contributed by atoms with Crippen LogP contribution in [0.15, 0.2) is 42.5 Å². The van der Waals surface area contributed by atoms with Crippen LogP contribution in [0.5, 0.6) is 5.75 Å². The van der Waals surface area contributed by atoms with E-state index < -0.39 is 5.41 Å². The summed E-state index contributed by atoms with van der Waals surface area (Å²) in [4.78, 5) is 16.1. The summed E-state index contributed by atoms with van der Waals surface area (Å²) < 4.78 is 24.9. The van der Waals surface area contributed by atoms with Gasteiger partial charge in [0.15, 0.2) is 0 Å². The van der Waals surface area contributed by atoms with Crippen LogP contribution in [0.1, 0.15) is 57.9 Å². The van der Waals surface area contributed by atoms with E-state index in [1.54, 1.807) is 13.2 Å². The molecule has 0 aliphatic carbocycles. The van der Waals surface area contributed by atoms with Crippen LogP contribution in [0, 0.1) is 11.2 Å². The Morgan fingerprint density at radius 1 is 1.11 bits per heavy atom. The van der Waals surface area contributed by atoms with Crippen molar-refractivity contribution in [2.24, 2.45) is 5.41 Å². The topological polar surface area (TPSA) is 50.8 Å². The number of likely N-dealkylation sites (tertiary alicyclic amines) is 1. The van der Waals surface area contributed by atoms with Crippen molar-refractivity contribution in [3.05, 3.63) is 53.8 Å². The van der Waals surface area contributed by atoms with Crippen molar-refractivity contribution in [3.8, 4) is 16.9 Å². The number of amides is 1. The smallest absolute Gasteiger partial charge is 0.226 e. The fourth-order valence-corrected chi connectivity index (χ4v) is 5.91. The average Bonchev–Trinajstić information content (AvgIpc) is 2.89. The number of methoxy groups -OCH3 is 1. The number of nitrogens with zero attached hydrogens (tertiary/aromatic N) is 1. The van der Waals surface area contributed by atoms with Gasteiger partial charge in [-0.05, 0) is 81.7 Å². The highest BCUT2D eigenvalue weighted by atomic mass is 19.1. The lowest BCUT2D eigenvalue weighted by Crippen LogP contribution is -2.47. The van der Waals surface area contributed by atoms with Crippen LogP contribution >= 0.6 is 0 Å². The van der Waals surface area contributed by atoms with E-state index in [0.29, 0.717) is 44.0 Å². The third kappa shape index (κ3) is 6.27. The Balaban J connectivity index is 1.39. The molecule has 2 aliphatic heterocycles. The number of benzene rings is 2. The molecule has 0 radical (unpaired) electrons. The number of halogens is 1. The molecule has 0 unspecified atom stereocenters. The van der Waals surface area contributed by atoms with Crippen LogP contribution in [0.2, 0.25) is 0 Å². The molecule has 2 aromatic rings. The van der Waals surface area contributed by atoms with E-state index >= 15 is 0 Å². The van der Waals surface area contributed by atoms with Crippen LogP contribution in [0.4, 0.5) is 4.39 Å². The maximum absolute atomic E-state index is 13.9. The molecule has 36 heavy (non-hydrogen) atoms. The van der Waals surface area contributed by atoms with Gasteiger partial charge in [-0.25, -0.2) is 4.39 Å². The zero-order chi connectivity index (χ0) is 25.5. The molecule has 1 N–H and O–H groups in total. The number of carbonyl (C=O) groups excluding carboxylic acids is 1. The lowest BCUT2D eigenvalue weighted by molar-refractivity contribution is -0.136. The average molecular weight is 497 g/mol. The van der Waals surface area contributed by atoms with E-state index in [1.807, 2.05) is 24.3 Å². The Labute approximate surface area is 215 Å². The maximum atomic E-state index is 13.9. The van der Waals surface area contributed by atoms with Crippen molar-refractivity contribution in [2.45, 2.75) is 70.9 Å². The highest BCUT2D eigenvalue weighted by Crippen LogP contribution is 2.36. The Hall–Kier alpha value is -2.44. The van der Waals surface area contributed by atoms with Gasteiger partial charge < -0.3 is 14.8 Å². The van der Waals surface area contributed by atoms with E-state index in [0.717, 1.165) is 42.5 Å². The minimum absolute atomic E-state index is 0.140. The molecule has 4 rings (SSSR count). The molecule has 6 heteroatoms. The zero-order valence-electron chi connectivity index (χ0n) is 22.0. The molecule has 2 saturated heterocycles. The largest absolute Gasteiger partial charge is 0.496 e. The van der Waals surface area contributed by atoms with Gasteiger partial charge in [0.1, 0.15) is 11.6 Å². The molecule has 0 spiro atoms. The molecule has 196 valence electrons. The molecule has 5 nitrogen and oxygen atoms in total. The molecule has 0 bridgehead atoms.